The second-order valence-corrected chi connectivity index (χ2v) is 6.96. The van der Waals surface area contributed by atoms with Gasteiger partial charge in [0.05, 0.1) is 37.7 Å². The number of nitrogens with one attached hydrogen (secondary N) is 1. The van der Waals surface area contributed by atoms with E-state index in [4.69, 9.17) is 28.5 Å². The molecule has 0 heterocycles. The van der Waals surface area contributed by atoms with E-state index in [0.717, 1.165) is 0 Å². The molecule has 0 saturated carbocycles. The lowest BCUT2D eigenvalue weighted by Crippen LogP contribution is -2.33. The number of amides is 1. The number of hydroxylamine groups is 2. The van der Waals surface area contributed by atoms with Gasteiger partial charge in [0.15, 0.2) is 0 Å². The minimum absolute atomic E-state index is 0.0472. The number of esters is 1. The van der Waals surface area contributed by atoms with E-state index in [1.54, 1.807) is 7.05 Å². The number of carbonyl (C=O) groups is 3. The van der Waals surface area contributed by atoms with Crippen molar-refractivity contribution in [1.82, 2.24) is 5.06 Å². The molecule has 0 radical (unpaired) electrons. The summed E-state index contributed by atoms with van der Waals surface area (Å²) in [6.45, 7) is 5.37. The van der Waals surface area contributed by atoms with Gasteiger partial charge in [0.25, 0.3) is 0 Å². The number of hydrogen-bond donors (Lipinski definition) is 1. The summed E-state index contributed by atoms with van der Waals surface area (Å²) in [5, 5.41) is 3.95. The maximum absolute atomic E-state index is 12.2. The van der Waals surface area contributed by atoms with E-state index in [-0.39, 0.29) is 24.7 Å². The Morgan fingerprint density at radius 2 is 1.94 bits per heavy atom. The van der Waals surface area contributed by atoms with E-state index in [9.17, 15) is 14.4 Å². The van der Waals surface area contributed by atoms with Crippen molar-refractivity contribution >= 4 is 24.2 Å². The van der Waals surface area contributed by atoms with Gasteiger partial charge in [-0.1, -0.05) is 0 Å². The third-order valence-electron chi connectivity index (χ3n) is 4.06. The number of methoxy groups -OCH3 is 1. The number of nitrogens with zero attached hydrogens (tertiary/aromatic N) is 1. The second kappa shape index (κ2) is 12.7. The highest BCUT2D eigenvalue weighted by Gasteiger charge is 2.22. The SMILES string of the molecule is COc1cc(C(=O)OC(C)OC(=O)OCCC(C)(C)OCN(C)OC)ccc1NC=O. The molecule has 0 saturated heterocycles. The van der Waals surface area contributed by atoms with Crippen LogP contribution in [0.3, 0.4) is 0 Å². The van der Waals surface area contributed by atoms with E-state index in [0.29, 0.717) is 18.5 Å². The largest absolute Gasteiger partial charge is 0.511 e. The van der Waals surface area contributed by atoms with Crippen LogP contribution in [0, 0.1) is 0 Å². The molecule has 0 aliphatic rings. The fourth-order valence-electron chi connectivity index (χ4n) is 2.18. The lowest BCUT2D eigenvalue weighted by molar-refractivity contribution is -0.201. The van der Waals surface area contributed by atoms with Gasteiger partial charge in [-0.2, -0.15) is 5.06 Å². The summed E-state index contributed by atoms with van der Waals surface area (Å²) in [5.74, 6) is -0.468. The molecule has 0 fully saturated rings. The van der Waals surface area contributed by atoms with Crippen molar-refractivity contribution in [2.24, 2.45) is 0 Å². The van der Waals surface area contributed by atoms with E-state index in [2.05, 4.69) is 5.32 Å². The Morgan fingerprint density at radius 1 is 1.23 bits per heavy atom. The Labute approximate surface area is 181 Å². The van der Waals surface area contributed by atoms with Gasteiger partial charge in [-0.25, -0.2) is 9.59 Å². The van der Waals surface area contributed by atoms with E-state index < -0.39 is 24.0 Å². The van der Waals surface area contributed by atoms with Crippen LogP contribution >= 0.6 is 0 Å². The van der Waals surface area contributed by atoms with Crippen molar-refractivity contribution in [3.05, 3.63) is 23.8 Å². The summed E-state index contributed by atoms with van der Waals surface area (Å²) in [6, 6.07) is 4.31. The molecule has 0 spiro atoms. The fraction of sp³-hybridized carbons (Fsp3) is 0.550. The van der Waals surface area contributed by atoms with Crippen molar-refractivity contribution in [3.8, 4) is 5.75 Å². The van der Waals surface area contributed by atoms with Crippen LogP contribution < -0.4 is 10.1 Å². The highest BCUT2D eigenvalue weighted by atomic mass is 16.8. The smallest absolute Gasteiger partial charge is 0.495 e. The highest BCUT2D eigenvalue weighted by molar-refractivity contribution is 5.91. The molecule has 1 N–H and O–H groups in total. The molecule has 0 aromatic heterocycles. The molecule has 31 heavy (non-hydrogen) atoms. The number of rotatable bonds is 13. The molecule has 1 aromatic carbocycles. The summed E-state index contributed by atoms with van der Waals surface area (Å²) in [7, 11) is 4.64. The Hall–Kier alpha value is -2.89. The summed E-state index contributed by atoms with van der Waals surface area (Å²) in [5.41, 5.74) is -0.0190. The van der Waals surface area contributed by atoms with Crippen molar-refractivity contribution in [3.63, 3.8) is 0 Å². The first-order valence-corrected chi connectivity index (χ1v) is 9.43. The zero-order valence-corrected chi connectivity index (χ0v) is 18.6. The first kappa shape index (κ1) is 26.1. The Morgan fingerprint density at radius 3 is 2.55 bits per heavy atom. The quantitative estimate of drug-likeness (QED) is 0.211. The maximum atomic E-state index is 12.2. The molecule has 1 unspecified atom stereocenters. The number of anilines is 1. The monoisotopic (exact) mass is 442 g/mol. The first-order chi connectivity index (χ1) is 14.6. The fourth-order valence-corrected chi connectivity index (χ4v) is 2.18. The molecule has 11 heteroatoms. The van der Waals surface area contributed by atoms with Gasteiger partial charge in [-0.15, -0.1) is 0 Å². The molecule has 1 aromatic rings. The lowest BCUT2D eigenvalue weighted by Gasteiger charge is -2.27. The summed E-state index contributed by atoms with van der Waals surface area (Å²) < 4.78 is 25.8. The molecule has 1 atom stereocenters. The van der Waals surface area contributed by atoms with Gasteiger partial charge in [-0.05, 0) is 32.0 Å². The zero-order valence-electron chi connectivity index (χ0n) is 18.6. The van der Waals surface area contributed by atoms with Gasteiger partial charge >= 0.3 is 12.1 Å². The Bertz CT molecular complexity index is 739. The molecule has 174 valence electrons. The van der Waals surface area contributed by atoms with Crippen LogP contribution in [0.2, 0.25) is 0 Å². The lowest BCUT2D eigenvalue weighted by atomic mass is 10.1. The summed E-state index contributed by atoms with van der Waals surface area (Å²) in [6.07, 6.45) is -1.26. The minimum Gasteiger partial charge on any atom is -0.495 e. The molecule has 1 rings (SSSR count). The van der Waals surface area contributed by atoms with Gasteiger partial charge in [0.1, 0.15) is 12.5 Å². The highest BCUT2D eigenvalue weighted by Crippen LogP contribution is 2.25. The molecular weight excluding hydrogens is 412 g/mol. The van der Waals surface area contributed by atoms with Crippen LogP contribution in [0.15, 0.2) is 18.2 Å². The molecular formula is C20H30N2O9. The second-order valence-electron chi connectivity index (χ2n) is 6.96. The summed E-state index contributed by atoms with van der Waals surface area (Å²) in [4.78, 5) is 39.6. The number of ether oxygens (including phenoxy) is 5. The van der Waals surface area contributed by atoms with Crippen LogP contribution in [-0.4, -0.2) is 70.1 Å². The topological polar surface area (TPSA) is 122 Å². The predicted molar refractivity (Wildman–Crippen MR) is 109 cm³/mol. The molecule has 0 bridgehead atoms. The van der Waals surface area contributed by atoms with Crippen LogP contribution in [0.25, 0.3) is 0 Å². The summed E-state index contributed by atoms with van der Waals surface area (Å²) >= 11 is 0. The predicted octanol–water partition coefficient (Wildman–Crippen LogP) is 2.56. The Balaban J connectivity index is 2.46. The number of hydrogen-bond acceptors (Lipinski definition) is 10. The van der Waals surface area contributed by atoms with Crippen LogP contribution in [0.4, 0.5) is 10.5 Å². The van der Waals surface area contributed by atoms with Gasteiger partial charge in [0, 0.05) is 20.4 Å². The maximum Gasteiger partial charge on any atom is 0.511 e. The van der Waals surface area contributed by atoms with Crippen LogP contribution in [0.1, 0.15) is 37.6 Å². The molecule has 11 nitrogen and oxygen atoms in total. The Kier molecular flexibility index (Phi) is 10.7. The molecule has 0 aliphatic carbocycles. The van der Waals surface area contributed by atoms with Gasteiger partial charge in [-0.3, -0.25) is 4.79 Å². The number of benzene rings is 1. The van der Waals surface area contributed by atoms with Crippen LogP contribution in [0.5, 0.6) is 5.75 Å². The van der Waals surface area contributed by atoms with Gasteiger partial charge in [0.2, 0.25) is 12.7 Å². The zero-order chi connectivity index (χ0) is 23.4. The van der Waals surface area contributed by atoms with Crippen molar-refractivity contribution in [2.45, 2.75) is 39.1 Å². The number of carbonyl (C=O) groups excluding carboxylic acids is 3. The van der Waals surface area contributed by atoms with Gasteiger partial charge < -0.3 is 33.8 Å². The van der Waals surface area contributed by atoms with E-state index in [1.807, 2.05) is 13.8 Å². The van der Waals surface area contributed by atoms with Crippen molar-refractivity contribution < 1.29 is 42.9 Å². The normalized spacial score (nSPS) is 12.1. The third kappa shape index (κ3) is 9.64. The van der Waals surface area contributed by atoms with Crippen LogP contribution in [-0.2, 0) is 28.6 Å². The van der Waals surface area contributed by atoms with Crippen molar-refractivity contribution in [1.29, 1.82) is 0 Å². The average molecular weight is 442 g/mol. The third-order valence-corrected chi connectivity index (χ3v) is 4.06. The molecule has 0 aliphatic heterocycles. The first-order valence-electron chi connectivity index (χ1n) is 9.43. The minimum atomic E-state index is -1.18. The molecule has 1 amide bonds. The standard InChI is InChI=1S/C20H30N2O9/c1-14(30-18(24)15-7-8-16(21-12-23)17(11-15)26-5)31-19(25)28-10-9-20(2,3)29-13-22(4)27-6/h7-8,11-12,14H,9-10,13H2,1-6H3,(H,21,23). The van der Waals surface area contributed by atoms with E-state index in [1.165, 1.54) is 44.4 Å². The average Bonchev–Trinajstić information content (AvgIpc) is 2.72. The van der Waals surface area contributed by atoms with E-state index >= 15 is 0 Å². The van der Waals surface area contributed by atoms with Crippen molar-refractivity contribution in [2.75, 3.05) is 39.9 Å².